The van der Waals surface area contributed by atoms with E-state index in [0.717, 1.165) is 0 Å². The van der Waals surface area contributed by atoms with Crippen molar-refractivity contribution < 1.29 is 28.3 Å². The quantitative estimate of drug-likeness (QED) is 0.316. The van der Waals surface area contributed by atoms with Gasteiger partial charge in [-0.05, 0) is 66.3 Å². The first-order chi connectivity index (χ1) is 19.7. The van der Waals surface area contributed by atoms with Gasteiger partial charge in [-0.25, -0.2) is 8.78 Å². The fourth-order valence-corrected chi connectivity index (χ4v) is 7.39. The molecule has 1 saturated carbocycles. The topological polar surface area (TPSA) is 108 Å². The van der Waals surface area contributed by atoms with Crippen molar-refractivity contribution in [3.05, 3.63) is 63.1 Å². The molecule has 2 amide bonds. The molecule has 4 N–H and O–H groups in total. The second-order valence-electron chi connectivity index (χ2n) is 12.9. The number of Topliss-reactive ketones (excluding diaryl/α,β-unsaturated/α-hetero) is 1. The zero-order valence-corrected chi connectivity index (χ0v) is 25.2. The third-order valence-electron chi connectivity index (χ3n) is 8.81. The van der Waals surface area contributed by atoms with Gasteiger partial charge in [0, 0.05) is 30.6 Å². The molecule has 2 heterocycles. The Morgan fingerprint density at radius 2 is 1.90 bits per heavy atom. The third-order valence-corrected chi connectivity index (χ3v) is 9.39. The van der Waals surface area contributed by atoms with Crippen molar-refractivity contribution in [3.63, 3.8) is 0 Å². The number of rotatable bonds is 7. The Labute approximate surface area is 253 Å². The van der Waals surface area contributed by atoms with Crippen molar-refractivity contribution in [2.24, 2.45) is 11.3 Å². The number of ketones is 1. The molecule has 5 rings (SSSR count). The van der Waals surface area contributed by atoms with Gasteiger partial charge in [-0.15, -0.1) is 0 Å². The van der Waals surface area contributed by atoms with E-state index in [1.807, 2.05) is 20.8 Å². The fourth-order valence-electron chi connectivity index (χ4n) is 7.05. The Kier molecular flexibility index (Phi) is 8.44. The summed E-state index contributed by atoms with van der Waals surface area (Å²) in [6.45, 7) is 6.26. The van der Waals surface area contributed by atoms with Gasteiger partial charge in [0.25, 0.3) is 0 Å². The first-order valence-electron chi connectivity index (χ1n) is 14.2. The molecule has 0 radical (unpaired) electrons. The summed E-state index contributed by atoms with van der Waals surface area (Å²) < 4.78 is 30.8. The summed E-state index contributed by atoms with van der Waals surface area (Å²) in [7, 11) is 0. The van der Waals surface area contributed by atoms with Crippen LogP contribution in [0, 0.1) is 23.0 Å². The molecule has 6 atom stereocenters. The fraction of sp³-hybridized carbons (Fsp3) is 0.516. The average molecular weight is 623 g/mol. The first kappa shape index (κ1) is 30.9. The zero-order valence-electron chi connectivity index (χ0n) is 23.7. The number of aliphatic hydroxyl groups excluding tert-OH is 1. The van der Waals surface area contributed by atoms with Crippen LogP contribution in [-0.2, 0) is 19.8 Å². The number of nitrogens with one attached hydrogen (secondary N) is 3. The zero-order chi connectivity index (χ0) is 30.6. The molecule has 2 fully saturated rings. The number of benzene rings is 2. The number of aliphatic hydroxyl groups is 1. The normalized spacial score (nSPS) is 28.8. The summed E-state index contributed by atoms with van der Waals surface area (Å²) in [5, 5.41) is 18.5. The summed E-state index contributed by atoms with van der Waals surface area (Å²) in [6, 6.07) is 5.28. The molecule has 1 saturated heterocycles. The summed E-state index contributed by atoms with van der Waals surface area (Å²) in [5.74, 6) is -3.57. The van der Waals surface area contributed by atoms with Crippen molar-refractivity contribution in [2.45, 2.75) is 82.4 Å². The van der Waals surface area contributed by atoms with Crippen molar-refractivity contribution in [2.75, 3.05) is 11.9 Å². The number of hydrogen-bond donors (Lipinski definition) is 4. The van der Waals surface area contributed by atoms with Gasteiger partial charge in [-0.1, -0.05) is 56.1 Å². The Morgan fingerprint density at radius 1 is 1.17 bits per heavy atom. The number of halogens is 4. The molecule has 7 nitrogen and oxygen atoms in total. The minimum atomic E-state index is -1.55. The highest BCUT2D eigenvalue weighted by molar-refractivity contribution is 6.31. The smallest absolute Gasteiger partial charge is 0.237 e. The number of carbonyl (C=O) groups is 3. The van der Waals surface area contributed by atoms with Crippen LogP contribution in [0.2, 0.25) is 10.0 Å². The van der Waals surface area contributed by atoms with Crippen molar-refractivity contribution in [3.8, 4) is 0 Å². The number of amides is 2. The Morgan fingerprint density at radius 3 is 2.57 bits per heavy atom. The van der Waals surface area contributed by atoms with Gasteiger partial charge in [0.1, 0.15) is 23.2 Å². The largest absolute Gasteiger partial charge is 0.385 e. The van der Waals surface area contributed by atoms with Crippen molar-refractivity contribution in [1.82, 2.24) is 10.6 Å². The van der Waals surface area contributed by atoms with E-state index in [9.17, 15) is 19.5 Å². The maximum absolute atomic E-state index is 15.8. The van der Waals surface area contributed by atoms with Crippen LogP contribution >= 0.6 is 23.2 Å². The van der Waals surface area contributed by atoms with Crippen molar-refractivity contribution in [1.29, 1.82) is 0 Å². The lowest BCUT2D eigenvalue weighted by molar-refractivity contribution is -0.125. The molecule has 42 heavy (non-hydrogen) atoms. The van der Waals surface area contributed by atoms with Crippen LogP contribution in [0.5, 0.6) is 0 Å². The highest BCUT2D eigenvalue weighted by atomic mass is 35.5. The molecular formula is C31H35Cl2F2N3O4. The monoisotopic (exact) mass is 621 g/mol. The van der Waals surface area contributed by atoms with Crippen LogP contribution in [0.1, 0.15) is 69.9 Å². The van der Waals surface area contributed by atoms with Crippen molar-refractivity contribution >= 4 is 46.5 Å². The van der Waals surface area contributed by atoms with Crippen LogP contribution < -0.4 is 16.0 Å². The maximum Gasteiger partial charge on any atom is 0.237 e. The van der Waals surface area contributed by atoms with Gasteiger partial charge in [-0.2, -0.15) is 0 Å². The SMILES string of the molecule is CC(C)(C)C[C@H]1N[C@@H](C(=O)NCCCC2CC(=O)[C@H](O)C2)[C@H](c2cccc(Cl)c2F)[C@@]12C(=O)Nc1cc(Cl)c(F)cc12. The minimum Gasteiger partial charge on any atom is -0.385 e. The molecule has 0 bridgehead atoms. The lowest BCUT2D eigenvalue weighted by atomic mass is 9.62. The number of fused-ring (bicyclic) bond motifs is 2. The molecule has 2 aromatic carbocycles. The van der Waals surface area contributed by atoms with Gasteiger partial charge in [0.05, 0.1) is 16.1 Å². The van der Waals surface area contributed by atoms with Gasteiger partial charge in [0.15, 0.2) is 5.78 Å². The lowest BCUT2D eigenvalue weighted by Crippen LogP contribution is -2.49. The second-order valence-corrected chi connectivity index (χ2v) is 13.8. The standard InChI is InChI=1S/C31H35Cl2F2N3O4/c1-30(2,3)14-24-31(17-12-20(34)19(33)13-21(17)37-29(31)42)25(16-7-4-8-18(32)26(16)35)27(38-24)28(41)36-9-5-6-15-10-22(39)23(40)11-15/h4,7-8,12-13,15,22,24-25,27,38-39H,5-6,9-11,14H2,1-3H3,(H,36,41)(H,37,42)/t15?,22-,24-,25+,27-,31+/m1/s1. The Hall–Kier alpha value is -2.59. The van der Waals surface area contributed by atoms with Gasteiger partial charge < -0.3 is 21.1 Å². The molecule has 0 aromatic heterocycles. The number of carbonyl (C=O) groups excluding carboxylic acids is 3. The van der Waals surface area contributed by atoms with Crippen LogP contribution in [-0.4, -0.2) is 47.4 Å². The summed E-state index contributed by atoms with van der Waals surface area (Å²) in [5.41, 5.74) is -1.19. The molecule has 1 aliphatic carbocycles. The first-order valence-corrected chi connectivity index (χ1v) is 15.0. The molecule has 1 spiro atoms. The number of hydrogen-bond acceptors (Lipinski definition) is 5. The van der Waals surface area contributed by atoms with E-state index in [4.69, 9.17) is 23.2 Å². The van der Waals surface area contributed by atoms with E-state index in [0.29, 0.717) is 43.4 Å². The van der Waals surface area contributed by atoms with E-state index < -0.39 is 53.0 Å². The summed E-state index contributed by atoms with van der Waals surface area (Å²) in [6.07, 6.45) is 1.45. The predicted molar refractivity (Wildman–Crippen MR) is 157 cm³/mol. The van der Waals surface area contributed by atoms with Gasteiger partial charge >= 0.3 is 0 Å². The highest BCUT2D eigenvalue weighted by Crippen LogP contribution is 2.57. The van der Waals surface area contributed by atoms with Crippen LogP contribution in [0.4, 0.5) is 14.5 Å². The van der Waals surface area contributed by atoms with E-state index in [1.165, 1.54) is 24.3 Å². The molecule has 1 unspecified atom stereocenters. The molecule has 226 valence electrons. The van der Waals surface area contributed by atoms with E-state index in [2.05, 4.69) is 16.0 Å². The maximum atomic E-state index is 15.8. The predicted octanol–water partition coefficient (Wildman–Crippen LogP) is 5.26. The minimum absolute atomic E-state index is 0.0576. The van der Waals surface area contributed by atoms with Crippen LogP contribution in [0.25, 0.3) is 0 Å². The molecule has 2 aromatic rings. The molecule has 3 aliphatic rings. The Balaban J connectivity index is 1.54. The van der Waals surface area contributed by atoms with E-state index in [-0.39, 0.29) is 39.3 Å². The molecule has 2 aliphatic heterocycles. The van der Waals surface area contributed by atoms with Gasteiger partial charge in [-0.3, -0.25) is 14.4 Å². The van der Waals surface area contributed by atoms with E-state index in [1.54, 1.807) is 6.07 Å². The van der Waals surface area contributed by atoms with Crippen LogP contribution in [0.3, 0.4) is 0 Å². The summed E-state index contributed by atoms with van der Waals surface area (Å²) >= 11 is 12.3. The van der Waals surface area contributed by atoms with Crippen LogP contribution in [0.15, 0.2) is 30.3 Å². The highest BCUT2D eigenvalue weighted by Gasteiger charge is 2.66. The number of anilines is 1. The second kappa shape index (κ2) is 11.5. The third kappa shape index (κ3) is 5.45. The van der Waals surface area contributed by atoms with E-state index >= 15 is 8.78 Å². The Bertz CT molecular complexity index is 1430. The molecule has 11 heteroatoms. The lowest BCUT2D eigenvalue weighted by Gasteiger charge is -2.37. The summed E-state index contributed by atoms with van der Waals surface area (Å²) in [4.78, 5) is 39.7. The molecular weight excluding hydrogens is 587 g/mol. The van der Waals surface area contributed by atoms with Gasteiger partial charge in [0.2, 0.25) is 11.8 Å². The average Bonchev–Trinajstić information content (AvgIpc) is 3.50.